The van der Waals surface area contributed by atoms with E-state index in [1.807, 2.05) is 12.1 Å². The van der Waals surface area contributed by atoms with Crippen LogP contribution in [0, 0.1) is 5.82 Å². The number of amides is 1. The Morgan fingerprint density at radius 3 is 2.84 bits per heavy atom. The molecule has 0 saturated heterocycles. The summed E-state index contributed by atoms with van der Waals surface area (Å²) in [6.45, 7) is 0.360. The van der Waals surface area contributed by atoms with Crippen molar-refractivity contribution in [1.82, 2.24) is 20.2 Å². The molecule has 124 valence electrons. The van der Waals surface area contributed by atoms with Gasteiger partial charge in [-0.3, -0.25) is 4.79 Å². The molecular weight excluding hydrogens is 323 g/mol. The second-order valence-corrected chi connectivity index (χ2v) is 5.76. The van der Waals surface area contributed by atoms with Crippen molar-refractivity contribution in [2.45, 2.75) is 6.54 Å². The van der Waals surface area contributed by atoms with Gasteiger partial charge in [0.2, 0.25) is 0 Å². The number of pyridine rings is 1. The van der Waals surface area contributed by atoms with Gasteiger partial charge >= 0.3 is 0 Å². The lowest BCUT2D eigenvalue weighted by atomic mass is 10.1. The Labute approximate surface area is 141 Å². The second-order valence-electron chi connectivity index (χ2n) is 5.76. The number of rotatable bonds is 3. The lowest BCUT2D eigenvalue weighted by molar-refractivity contribution is 0.0779. The molecule has 4 rings (SSSR count). The Morgan fingerprint density at radius 2 is 1.96 bits per heavy atom. The van der Waals surface area contributed by atoms with Crippen LogP contribution < -0.4 is 0 Å². The number of para-hydroxylation sites is 1. The highest BCUT2D eigenvalue weighted by atomic mass is 19.1. The first-order chi connectivity index (χ1) is 12.1. The van der Waals surface area contributed by atoms with Gasteiger partial charge in [-0.05, 0) is 40.1 Å². The van der Waals surface area contributed by atoms with Gasteiger partial charge in [0.15, 0.2) is 0 Å². The maximum atomic E-state index is 13.9. The number of benzene rings is 2. The molecule has 0 aliphatic carbocycles. The molecule has 1 amide bonds. The highest BCUT2D eigenvalue weighted by Crippen LogP contribution is 2.18. The molecule has 25 heavy (non-hydrogen) atoms. The van der Waals surface area contributed by atoms with E-state index in [1.54, 1.807) is 37.4 Å². The number of carbonyl (C=O) groups is 1. The van der Waals surface area contributed by atoms with Crippen LogP contribution in [0.1, 0.15) is 16.1 Å². The van der Waals surface area contributed by atoms with Crippen LogP contribution in [0.4, 0.5) is 4.39 Å². The van der Waals surface area contributed by atoms with E-state index >= 15 is 0 Å². The van der Waals surface area contributed by atoms with E-state index in [0.717, 1.165) is 5.56 Å². The summed E-state index contributed by atoms with van der Waals surface area (Å²) < 4.78 is 18.6. The van der Waals surface area contributed by atoms with Crippen molar-refractivity contribution in [3.8, 4) is 0 Å². The maximum absolute atomic E-state index is 13.9. The molecule has 0 bridgehead atoms. The average Bonchev–Trinajstić information content (AvgIpc) is 3.09. The van der Waals surface area contributed by atoms with Gasteiger partial charge in [-0.2, -0.15) is 0 Å². The predicted molar refractivity (Wildman–Crippen MR) is 89.3 cm³/mol. The molecule has 0 fully saturated rings. The first kappa shape index (κ1) is 15.2. The summed E-state index contributed by atoms with van der Waals surface area (Å²) in [6.07, 6.45) is 0. The topological polar surface area (TPSA) is 72.1 Å². The van der Waals surface area contributed by atoms with Crippen LogP contribution in [0.2, 0.25) is 0 Å². The largest absolute Gasteiger partial charge is 0.336 e. The molecule has 0 aliphatic rings. The molecule has 0 atom stereocenters. The van der Waals surface area contributed by atoms with E-state index in [9.17, 15) is 9.18 Å². The summed E-state index contributed by atoms with van der Waals surface area (Å²) in [7, 11) is 1.67. The number of hydrogen-bond acceptors (Lipinski definition) is 5. The van der Waals surface area contributed by atoms with E-state index < -0.39 is 5.82 Å². The summed E-state index contributed by atoms with van der Waals surface area (Å²) in [6, 6.07) is 13.4. The monoisotopic (exact) mass is 336 g/mol. The van der Waals surface area contributed by atoms with Crippen LogP contribution in [0.15, 0.2) is 53.2 Å². The van der Waals surface area contributed by atoms with E-state index in [2.05, 4.69) is 19.9 Å². The average molecular weight is 336 g/mol. The molecule has 0 unspecified atom stereocenters. The first-order valence-electron chi connectivity index (χ1n) is 7.64. The molecule has 0 radical (unpaired) electrons. The second kappa shape index (κ2) is 5.94. The van der Waals surface area contributed by atoms with Gasteiger partial charge < -0.3 is 4.90 Å². The molecule has 0 N–H and O–H groups in total. The molecule has 2 heterocycles. The summed E-state index contributed by atoms with van der Waals surface area (Å²) in [5.74, 6) is -0.734. The maximum Gasteiger partial charge on any atom is 0.272 e. The lowest BCUT2D eigenvalue weighted by Gasteiger charge is -2.17. The number of nitrogens with zero attached hydrogens (tertiary/aromatic N) is 4. The SMILES string of the molecule is CN(Cc1ccc2nonc2c1)C(=O)c1ccc2cccc(F)c2n1. The van der Waals surface area contributed by atoms with E-state index in [0.29, 0.717) is 23.0 Å². The van der Waals surface area contributed by atoms with E-state index in [1.165, 1.54) is 11.0 Å². The van der Waals surface area contributed by atoms with Gasteiger partial charge in [-0.25, -0.2) is 14.0 Å². The van der Waals surface area contributed by atoms with Crippen molar-refractivity contribution in [1.29, 1.82) is 0 Å². The van der Waals surface area contributed by atoms with E-state index in [-0.39, 0.29) is 17.1 Å². The number of hydrogen-bond donors (Lipinski definition) is 0. The molecule has 0 spiro atoms. The van der Waals surface area contributed by atoms with Crippen molar-refractivity contribution >= 4 is 27.8 Å². The Kier molecular flexibility index (Phi) is 3.61. The summed E-state index contributed by atoms with van der Waals surface area (Å²) in [4.78, 5) is 18.3. The zero-order valence-corrected chi connectivity index (χ0v) is 13.3. The summed E-state index contributed by atoms with van der Waals surface area (Å²) in [5, 5.41) is 8.19. The van der Waals surface area contributed by atoms with Crippen LogP contribution in [-0.4, -0.2) is 33.2 Å². The molecule has 7 heteroatoms. The summed E-state index contributed by atoms with van der Waals surface area (Å²) >= 11 is 0. The van der Waals surface area contributed by atoms with Crippen LogP contribution in [0.5, 0.6) is 0 Å². The normalized spacial score (nSPS) is 11.1. The quantitative estimate of drug-likeness (QED) is 0.574. The van der Waals surface area contributed by atoms with Crippen molar-refractivity contribution in [3.63, 3.8) is 0 Å². The zero-order valence-electron chi connectivity index (χ0n) is 13.3. The third-order valence-corrected chi connectivity index (χ3v) is 3.97. The molecule has 2 aromatic carbocycles. The number of halogens is 1. The smallest absolute Gasteiger partial charge is 0.272 e. The fraction of sp³-hybridized carbons (Fsp3) is 0.111. The number of aromatic nitrogens is 3. The predicted octanol–water partition coefficient (Wildman–Crippen LogP) is 3.18. The van der Waals surface area contributed by atoms with Crippen LogP contribution in [0.25, 0.3) is 21.9 Å². The minimum atomic E-state index is -0.446. The van der Waals surface area contributed by atoms with Gasteiger partial charge in [-0.15, -0.1) is 0 Å². The molecule has 0 saturated carbocycles. The molecule has 4 aromatic rings. The highest BCUT2D eigenvalue weighted by molar-refractivity contribution is 5.94. The van der Waals surface area contributed by atoms with Gasteiger partial charge in [0, 0.05) is 19.0 Å². The first-order valence-corrected chi connectivity index (χ1v) is 7.64. The molecule has 2 aromatic heterocycles. The Hall–Kier alpha value is -3.35. The number of fused-ring (bicyclic) bond motifs is 2. The van der Waals surface area contributed by atoms with Gasteiger partial charge in [0.25, 0.3) is 5.91 Å². The minimum Gasteiger partial charge on any atom is -0.336 e. The fourth-order valence-corrected chi connectivity index (χ4v) is 2.70. The molecule has 6 nitrogen and oxygen atoms in total. The molecule has 0 aliphatic heterocycles. The van der Waals surface area contributed by atoms with E-state index in [4.69, 9.17) is 0 Å². The van der Waals surface area contributed by atoms with Crippen molar-refractivity contribution in [2.75, 3.05) is 7.05 Å². The van der Waals surface area contributed by atoms with Crippen molar-refractivity contribution in [2.24, 2.45) is 0 Å². The third-order valence-electron chi connectivity index (χ3n) is 3.97. The van der Waals surface area contributed by atoms with Gasteiger partial charge in [-0.1, -0.05) is 24.3 Å². The van der Waals surface area contributed by atoms with Crippen LogP contribution in [-0.2, 0) is 6.54 Å². The zero-order chi connectivity index (χ0) is 17.4. The fourth-order valence-electron chi connectivity index (χ4n) is 2.70. The van der Waals surface area contributed by atoms with Crippen molar-refractivity contribution in [3.05, 3.63) is 65.6 Å². The molecular formula is C18H13FN4O2. The van der Waals surface area contributed by atoms with Crippen LogP contribution >= 0.6 is 0 Å². The minimum absolute atomic E-state index is 0.192. The van der Waals surface area contributed by atoms with Gasteiger partial charge in [0.05, 0.1) is 0 Å². The Balaban J connectivity index is 1.60. The standard InChI is InChI=1S/C18H13FN4O2/c1-23(10-11-5-7-14-16(9-11)22-25-21-14)18(24)15-8-6-12-3-2-4-13(19)17(12)20-15/h2-9H,10H2,1H3. The lowest BCUT2D eigenvalue weighted by Crippen LogP contribution is -2.27. The van der Waals surface area contributed by atoms with Crippen LogP contribution in [0.3, 0.4) is 0 Å². The third kappa shape index (κ3) is 2.80. The highest BCUT2D eigenvalue weighted by Gasteiger charge is 2.15. The van der Waals surface area contributed by atoms with Gasteiger partial charge in [0.1, 0.15) is 28.1 Å². The Bertz CT molecular complexity index is 1090. The summed E-state index contributed by atoms with van der Waals surface area (Å²) in [5.41, 5.74) is 2.56. The Morgan fingerprint density at radius 1 is 1.12 bits per heavy atom. The van der Waals surface area contributed by atoms with Crippen molar-refractivity contribution < 1.29 is 13.8 Å². The number of carbonyl (C=O) groups excluding carboxylic acids is 1.